The SMILES string of the molecule is c1ccc(-c2cccc3c2c2c(-c4ccccc4-n4c5ccccc5c5c6c7ccccc7n(-c7ccccc7)c6ccc54)cccc2n3-c2ccccc2)cc1. The third-order valence-corrected chi connectivity index (χ3v) is 11.8. The predicted molar refractivity (Wildman–Crippen MR) is 240 cm³/mol. The lowest BCUT2D eigenvalue weighted by Gasteiger charge is -2.16. The molecular weight excluding hydrogens is 691 g/mol. The highest BCUT2D eigenvalue weighted by Crippen LogP contribution is 2.47. The van der Waals surface area contributed by atoms with Crippen molar-refractivity contribution in [3.05, 3.63) is 212 Å². The van der Waals surface area contributed by atoms with Crippen LogP contribution in [0, 0.1) is 0 Å². The van der Waals surface area contributed by atoms with Crippen molar-refractivity contribution in [1.82, 2.24) is 13.7 Å². The Balaban J connectivity index is 1.20. The van der Waals surface area contributed by atoms with Gasteiger partial charge in [-0.1, -0.05) is 146 Å². The molecule has 0 bridgehead atoms. The van der Waals surface area contributed by atoms with Crippen molar-refractivity contribution in [3.63, 3.8) is 0 Å². The molecule has 0 aliphatic carbocycles. The first-order valence-electron chi connectivity index (χ1n) is 19.6. The molecule has 0 saturated carbocycles. The van der Waals surface area contributed by atoms with E-state index in [1.807, 2.05) is 0 Å². The average molecular weight is 726 g/mol. The summed E-state index contributed by atoms with van der Waals surface area (Å²) >= 11 is 0. The molecule has 0 unspecified atom stereocenters. The van der Waals surface area contributed by atoms with Gasteiger partial charge in [-0.3, -0.25) is 0 Å². The maximum atomic E-state index is 2.50. The van der Waals surface area contributed by atoms with Gasteiger partial charge in [0.1, 0.15) is 0 Å². The Morgan fingerprint density at radius 3 is 1.26 bits per heavy atom. The molecule has 12 rings (SSSR count). The van der Waals surface area contributed by atoms with Gasteiger partial charge in [0.05, 0.1) is 38.8 Å². The van der Waals surface area contributed by atoms with Crippen molar-refractivity contribution < 1.29 is 0 Å². The fourth-order valence-corrected chi connectivity index (χ4v) is 9.58. The zero-order valence-corrected chi connectivity index (χ0v) is 31.0. The monoisotopic (exact) mass is 725 g/mol. The lowest BCUT2D eigenvalue weighted by Crippen LogP contribution is -1.98. The normalized spacial score (nSPS) is 11.9. The number of para-hydroxylation sites is 5. The fourth-order valence-electron chi connectivity index (χ4n) is 9.58. The highest BCUT2D eigenvalue weighted by atomic mass is 15.0. The zero-order valence-electron chi connectivity index (χ0n) is 31.0. The Labute approximate surface area is 329 Å². The van der Waals surface area contributed by atoms with Gasteiger partial charge in [0, 0.05) is 49.3 Å². The molecule has 57 heavy (non-hydrogen) atoms. The highest BCUT2D eigenvalue weighted by molar-refractivity contribution is 6.29. The minimum Gasteiger partial charge on any atom is -0.309 e. The van der Waals surface area contributed by atoms with Crippen LogP contribution in [-0.2, 0) is 0 Å². The first kappa shape index (κ1) is 31.7. The van der Waals surface area contributed by atoms with E-state index in [1.54, 1.807) is 0 Å². The Bertz CT molecular complexity index is 3500. The van der Waals surface area contributed by atoms with Crippen molar-refractivity contribution in [2.24, 2.45) is 0 Å². The van der Waals surface area contributed by atoms with Crippen LogP contribution in [-0.4, -0.2) is 13.7 Å². The molecule has 0 fully saturated rings. The summed E-state index contributed by atoms with van der Waals surface area (Å²) in [7, 11) is 0. The smallest absolute Gasteiger partial charge is 0.0549 e. The van der Waals surface area contributed by atoms with Crippen molar-refractivity contribution in [2.45, 2.75) is 0 Å². The Morgan fingerprint density at radius 2 is 0.632 bits per heavy atom. The van der Waals surface area contributed by atoms with E-state index >= 15 is 0 Å². The largest absolute Gasteiger partial charge is 0.309 e. The summed E-state index contributed by atoms with van der Waals surface area (Å²) in [6.45, 7) is 0. The molecule has 0 amide bonds. The van der Waals surface area contributed by atoms with Gasteiger partial charge in [-0.25, -0.2) is 0 Å². The molecule has 0 N–H and O–H groups in total. The zero-order chi connectivity index (χ0) is 37.5. The average Bonchev–Trinajstić information content (AvgIpc) is 3.93. The van der Waals surface area contributed by atoms with Crippen LogP contribution in [0.1, 0.15) is 0 Å². The Morgan fingerprint density at radius 1 is 0.228 bits per heavy atom. The fraction of sp³-hybridized carbons (Fsp3) is 0. The lowest BCUT2D eigenvalue weighted by molar-refractivity contribution is 1.17. The Hall–Kier alpha value is -7.62. The first-order chi connectivity index (χ1) is 28.3. The van der Waals surface area contributed by atoms with E-state index in [0.717, 1.165) is 17.1 Å². The summed E-state index contributed by atoms with van der Waals surface area (Å²) in [5.74, 6) is 0. The number of fused-ring (bicyclic) bond motifs is 10. The molecule has 3 heterocycles. The van der Waals surface area contributed by atoms with E-state index < -0.39 is 0 Å². The van der Waals surface area contributed by atoms with Gasteiger partial charge < -0.3 is 13.7 Å². The molecule has 3 heteroatoms. The van der Waals surface area contributed by atoms with Crippen molar-refractivity contribution >= 4 is 65.4 Å². The Kier molecular flexibility index (Phi) is 6.93. The van der Waals surface area contributed by atoms with Crippen molar-refractivity contribution in [2.75, 3.05) is 0 Å². The number of aromatic nitrogens is 3. The van der Waals surface area contributed by atoms with E-state index in [-0.39, 0.29) is 0 Å². The van der Waals surface area contributed by atoms with Crippen LogP contribution in [0.25, 0.3) is 105 Å². The second-order valence-corrected chi connectivity index (χ2v) is 14.8. The predicted octanol–water partition coefficient (Wildman–Crippen LogP) is 14.3. The summed E-state index contributed by atoms with van der Waals surface area (Å²) in [4.78, 5) is 0. The van der Waals surface area contributed by atoms with E-state index in [2.05, 4.69) is 226 Å². The summed E-state index contributed by atoms with van der Waals surface area (Å²) in [6.07, 6.45) is 0. The lowest BCUT2D eigenvalue weighted by atomic mass is 9.94. The molecule has 0 aliphatic rings. The summed E-state index contributed by atoms with van der Waals surface area (Å²) in [5, 5.41) is 7.55. The van der Waals surface area contributed by atoms with Crippen LogP contribution in [0.2, 0.25) is 0 Å². The van der Waals surface area contributed by atoms with Gasteiger partial charge in [-0.15, -0.1) is 0 Å². The van der Waals surface area contributed by atoms with E-state index in [9.17, 15) is 0 Å². The van der Waals surface area contributed by atoms with Crippen molar-refractivity contribution in [1.29, 1.82) is 0 Å². The molecule has 0 radical (unpaired) electrons. The molecule has 266 valence electrons. The number of rotatable bonds is 5. The van der Waals surface area contributed by atoms with Gasteiger partial charge in [-0.2, -0.15) is 0 Å². The standard InChI is InChI=1S/C54H35N3/c1-4-18-36(19-5-1)39-27-16-32-47-51(39)52-41(28-17-33-48(52)56(47)38-22-8-3-9-23-38)40-24-10-13-29-44(40)57-46-31-15-12-26-43(46)54-50(57)35-34-49-53(54)42-25-11-14-30-45(42)55(49)37-20-6-2-7-21-37/h1-35H. The maximum absolute atomic E-state index is 2.50. The summed E-state index contributed by atoms with van der Waals surface area (Å²) in [6, 6.07) is 77.3. The van der Waals surface area contributed by atoms with Crippen LogP contribution >= 0.6 is 0 Å². The van der Waals surface area contributed by atoms with Crippen LogP contribution in [0.15, 0.2) is 212 Å². The molecule has 0 saturated heterocycles. The van der Waals surface area contributed by atoms with E-state index in [0.29, 0.717) is 0 Å². The number of nitrogens with zero attached hydrogens (tertiary/aromatic N) is 3. The van der Waals surface area contributed by atoms with E-state index in [1.165, 1.54) is 87.7 Å². The van der Waals surface area contributed by atoms with Gasteiger partial charge >= 0.3 is 0 Å². The molecule has 9 aromatic carbocycles. The highest BCUT2D eigenvalue weighted by Gasteiger charge is 2.24. The molecule has 12 aromatic rings. The minimum atomic E-state index is 1.15. The summed E-state index contributed by atoms with van der Waals surface area (Å²) in [5.41, 5.74) is 15.5. The van der Waals surface area contributed by atoms with Crippen molar-refractivity contribution in [3.8, 4) is 39.3 Å². The third kappa shape index (κ3) is 4.60. The van der Waals surface area contributed by atoms with Gasteiger partial charge in [-0.05, 0) is 83.4 Å². The van der Waals surface area contributed by atoms with Crippen LogP contribution in [0.5, 0.6) is 0 Å². The summed E-state index contributed by atoms with van der Waals surface area (Å²) < 4.78 is 7.35. The minimum absolute atomic E-state index is 1.15. The molecular formula is C54H35N3. The second kappa shape index (κ2) is 12.5. The van der Waals surface area contributed by atoms with Crippen LogP contribution < -0.4 is 0 Å². The van der Waals surface area contributed by atoms with Gasteiger partial charge in [0.25, 0.3) is 0 Å². The molecule has 0 atom stereocenters. The number of hydrogen-bond donors (Lipinski definition) is 0. The van der Waals surface area contributed by atoms with E-state index in [4.69, 9.17) is 0 Å². The number of hydrogen-bond acceptors (Lipinski definition) is 0. The molecule has 3 nitrogen and oxygen atoms in total. The van der Waals surface area contributed by atoms with Crippen LogP contribution in [0.4, 0.5) is 0 Å². The quantitative estimate of drug-likeness (QED) is 0.168. The topological polar surface area (TPSA) is 14.8 Å². The van der Waals surface area contributed by atoms with Crippen LogP contribution in [0.3, 0.4) is 0 Å². The first-order valence-corrected chi connectivity index (χ1v) is 19.6. The maximum Gasteiger partial charge on any atom is 0.0549 e. The molecule has 3 aromatic heterocycles. The second-order valence-electron chi connectivity index (χ2n) is 14.8. The van der Waals surface area contributed by atoms with Gasteiger partial charge in [0.2, 0.25) is 0 Å². The number of benzene rings is 9. The van der Waals surface area contributed by atoms with Gasteiger partial charge in [0.15, 0.2) is 0 Å². The third-order valence-electron chi connectivity index (χ3n) is 11.8. The molecule has 0 spiro atoms. The molecule has 0 aliphatic heterocycles.